The van der Waals surface area contributed by atoms with Gasteiger partial charge in [0.2, 0.25) is 0 Å². The minimum absolute atomic E-state index is 0.0488. The molecule has 0 atom stereocenters. The van der Waals surface area contributed by atoms with Gasteiger partial charge < -0.3 is 9.47 Å². The number of rotatable bonds is 7. The Hall–Kier alpha value is -1.35. The number of ether oxygens (including phenoxy) is 2. The molecule has 0 aliphatic carbocycles. The van der Waals surface area contributed by atoms with Crippen molar-refractivity contribution in [2.45, 2.75) is 20.3 Å². The molecule has 0 spiro atoms. The lowest BCUT2D eigenvalue weighted by Gasteiger charge is -2.07. The van der Waals surface area contributed by atoms with E-state index in [1.54, 1.807) is 19.1 Å². The first-order valence-electron chi connectivity index (χ1n) is 5.55. The summed E-state index contributed by atoms with van der Waals surface area (Å²) < 4.78 is 10.8. The van der Waals surface area contributed by atoms with Crippen LogP contribution in [0.2, 0.25) is 0 Å². The van der Waals surface area contributed by atoms with Crippen LogP contribution in [-0.2, 0) is 4.74 Å². The molecule has 0 amide bonds. The van der Waals surface area contributed by atoms with Crippen molar-refractivity contribution >= 4 is 5.78 Å². The Labute approximate surface area is 96.4 Å². The number of ketones is 1. The molecule has 1 aromatic rings. The highest BCUT2D eigenvalue weighted by Gasteiger charge is 2.00. The predicted molar refractivity (Wildman–Crippen MR) is 63.1 cm³/mol. The molecule has 3 nitrogen and oxygen atoms in total. The van der Waals surface area contributed by atoms with Crippen LogP contribution >= 0.6 is 0 Å². The van der Waals surface area contributed by atoms with Gasteiger partial charge in [-0.2, -0.15) is 0 Å². The Bertz CT molecular complexity index is 334. The molecule has 0 aliphatic rings. The third kappa shape index (κ3) is 4.45. The Morgan fingerprint density at radius 2 is 2.06 bits per heavy atom. The predicted octanol–water partition coefficient (Wildman–Crippen LogP) is 2.69. The summed E-state index contributed by atoms with van der Waals surface area (Å²) in [4.78, 5) is 11.1. The quantitative estimate of drug-likeness (QED) is 0.525. The normalized spacial score (nSPS) is 10.1. The number of hydrogen-bond acceptors (Lipinski definition) is 3. The van der Waals surface area contributed by atoms with Crippen LogP contribution in [0.4, 0.5) is 0 Å². The zero-order valence-corrected chi connectivity index (χ0v) is 9.86. The fraction of sp³-hybridized carbons (Fsp3) is 0.462. The standard InChI is InChI=1S/C13H18O3/c1-3-7-15-8-9-16-13-6-4-5-12(10-13)11(2)14/h4-6,10H,3,7-9H2,1-2H3. The molecule has 0 bridgehead atoms. The Kier molecular flexibility index (Phi) is 5.57. The van der Waals surface area contributed by atoms with Crippen molar-refractivity contribution in [3.05, 3.63) is 29.8 Å². The van der Waals surface area contributed by atoms with Crippen molar-refractivity contribution in [2.75, 3.05) is 19.8 Å². The molecule has 88 valence electrons. The molecule has 1 rings (SSSR count). The molecule has 0 N–H and O–H groups in total. The van der Waals surface area contributed by atoms with Gasteiger partial charge in [-0.3, -0.25) is 4.79 Å². The zero-order chi connectivity index (χ0) is 11.8. The number of benzene rings is 1. The topological polar surface area (TPSA) is 35.5 Å². The monoisotopic (exact) mass is 222 g/mol. The van der Waals surface area contributed by atoms with Gasteiger partial charge in [0.05, 0.1) is 6.61 Å². The van der Waals surface area contributed by atoms with E-state index in [-0.39, 0.29) is 5.78 Å². The van der Waals surface area contributed by atoms with Crippen LogP contribution in [0.1, 0.15) is 30.6 Å². The Morgan fingerprint density at radius 1 is 1.25 bits per heavy atom. The summed E-state index contributed by atoms with van der Waals surface area (Å²) in [6.07, 6.45) is 1.01. The summed E-state index contributed by atoms with van der Waals surface area (Å²) in [5.41, 5.74) is 0.673. The van der Waals surface area contributed by atoms with E-state index in [0.29, 0.717) is 24.5 Å². The molecule has 0 aromatic heterocycles. The van der Waals surface area contributed by atoms with Gasteiger partial charge in [0.15, 0.2) is 5.78 Å². The van der Waals surface area contributed by atoms with Crippen LogP contribution in [0.3, 0.4) is 0 Å². The lowest BCUT2D eigenvalue weighted by atomic mass is 10.1. The molecular formula is C13H18O3. The first-order chi connectivity index (χ1) is 7.74. The van der Waals surface area contributed by atoms with Gasteiger partial charge in [-0.15, -0.1) is 0 Å². The highest BCUT2D eigenvalue weighted by Crippen LogP contribution is 2.13. The maximum absolute atomic E-state index is 11.1. The summed E-state index contributed by atoms with van der Waals surface area (Å²) in [5, 5.41) is 0. The average Bonchev–Trinajstić information content (AvgIpc) is 2.29. The molecule has 0 saturated heterocycles. The van der Waals surface area contributed by atoms with Gasteiger partial charge in [-0.05, 0) is 25.5 Å². The van der Waals surface area contributed by atoms with Gasteiger partial charge in [0.25, 0.3) is 0 Å². The molecule has 0 radical (unpaired) electrons. The second-order valence-corrected chi connectivity index (χ2v) is 3.54. The molecule has 0 saturated carbocycles. The summed E-state index contributed by atoms with van der Waals surface area (Å²) in [7, 11) is 0. The molecule has 3 heteroatoms. The van der Waals surface area contributed by atoms with Crippen molar-refractivity contribution in [3.63, 3.8) is 0 Å². The average molecular weight is 222 g/mol. The molecule has 0 unspecified atom stereocenters. The SMILES string of the molecule is CCCOCCOc1cccc(C(C)=O)c1. The highest BCUT2D eigenvalue weighted by molar-refractivity contribution is 5.94. The fourth-order valence-electron chi connectivity index (χ4n) is 1.27. The van der Waals surface area contributed by atoms with Crippen molar-refractivity contribution < 1.29 is 14.3 Å². The molecule has 16 heavy (non-hydrogen) atoms. The third-order valence-electron chi connectivity index (χ3n) is 2.09. The lowest BCUT2D eigenvalue weighted by molar-refractivity contribution is 0.0997. The van der Waals surface area contributed by atoms with Gasteiger partial charge in [0, 0.05) is 12.2 Å². The van der Waals surface area contributed by atoms with E-state index in [1.165, 1.54) is 0 Å². The Balaban J connectivity index is 2.36. The second kappa shape index (κ2) is 7.01. The van der Waals surface area contributed by atoms with Crippen molar-refractivity contribution in [1.82, 2.24) is 0 Å². The zero-order valence-electron chi connectivity index (χ0n) is 9.86. The molecule has 0 fully saturated rings. The van der Waals surface area contributed by atoms with E-state index in [9.17, 15) is 4.79 Å². The molecule has 0 heterocycles. The van der Waals surface area contributed by atoms with Crippen LogP contribution in [0.15, 0.2) is 24.3 Å². The summed E-state index contributed by atoms with van der Waals surface area (Å²) in [6.45, 7) is 5.47. The third-order valence-corrected chi connectivity index (χ3v) is 2.09. The maximum Gasteiger partial charge on any atom is 0.159 e. The van der Waals surface area contributed by atoms with Crippen LogP contribution in [-0.4, -0.2) is 25.6 Å². The van der Waals surface area contributed by atoms with Crippen LogP contribution in [0.25, 0.3) is 0 Å². The number of Topliss-reactive ketones (excluding diaryl/α,β-unsaturated/α-hetero) is 1. The fourth-order valence-corrected chi connectivity index (χ4v) is 1.27. The number of hydrogen-bond donors (Lipinski definition) is 0. The van der Waals surface area contributed by atoms with Crippen LogP contribution in [0.5, 0.6) is 5.75 Å². The van der Waals surface area contributed by atoms with Gasteiger partial charge in [-0.25, -0.2) is 0 Å². The van der Waals surface area contributed by atoms with E-state index in [0.717, 1.165) is 13.0 Å². The van der Waals surface area contributed by atoms with Crippen molar-refractivity contribution in [2.24, 2.45) is 0 Å². The van der Waals surface area contributed by atoms with Crippen molar-refractivity contribution in [1.29, 1.82) is 0 Å². The lowest BCUT2D eigenvalue weighted by Crippen LogP contribution is -2.07. The van der Waals surface area contributed by atoms with E-state index >= 15 is 0 Å². The Morgan fingerprint density at radius 3 is 2.75 bits per heavy atom. The van der Waals surface area contributed by atoms with Crippen LogP contribution in [0, 0.1) is 0 Å². The smallest absolute Gasteiger partial charge is 0.159 e. The van der Waals surface area contributed by atoms with Crippen LogP contribution < -0.4 is 4.74 Å². The second-order valence-electron chi connectivity index (χ2n) is 3.54. The van der Waals surface area contributed by atoms with Gasteiger partial charge >= 0.3 is 0 Å². The van der Waals surface area contributed by atoms with E-state index < -0.39 is 0 Å². The largest absolute Gasteiger partial charge is 0.491 e. The minimum atomic E-state index is 0.0488. The summed E-state index contributed by atoms with van der Waals surface area (Å²) >= 11 is 0. The first kappa shape index (κ1) is 12.7. The molecule has 0 aliphatic heterocycles. The summed E-state index contributed by atoms with van der Waals surface area (Å²) in [6, 6.07) is 7.19. The summed E-state index contributed by atoms with van der Waals surface area (Å²) in [5.74, 6) is 0.764. The van der Waals surface area contributed by atoms with E-state index in [2.05, 4.69) is 6.92 Å². The number of carbonyl (C=O) groups excluding carboxylic acids is 1. The maximum atomic E-state index is 11.1. The van der Waals surface area contributed by atoms with E-state index in [4.69, 9.17) is 9.47 Å². The highest BCUT2D eigenvalue weighted by atomic mass is 16.5. The van der Waals surface area contributed by atoms with Gasteiger partial charge in [0.1, 0.15) is 12.4 Å². The molecular weight excluding hydrogens is 204 g/mol. The van der Waals surface area contributed by atoms with Gasteiger partial charge in [-0.1, -0.05) is 19.1 Å². The first-order valence-corrected chi connectivity index (χ1v) is 5.55. The molecule has 1 aromatic carbocycles. The van der Waals surface area contributed by atoms with E-state index in [1.807, 2.05) is 12.1 Å². The number of carbonyl (C=O) groups is 1. The minimum Gasteiger partial charge on any atom is -0.491 e. The van der Waals surface area contributed by atoms with Crippen molar-refractivity contribution in [3.8, 4) is 5.75 Å².